The van der Waals surface area contributed by atoms with Crippen LogP contribution in [0.2, 0.25) is 0 Å². The van der Waals surface area contributed by atoms with Crippen molar-refractivity contribution in [3.05, 3.63) is 35.5 Å². The topological polar surface area (TPSA) is 63.6 Å². The van der Waals surface area contributed by atoms with Crippen LogP contribution in [0.1, 0.15) is 107 Å². The van der Waals surface area contributed by atoms with E-state index in [1.54, 1.807) is 0 Å². The molecule has 2 fully saturated rings. The Labute approximate surface area is 225 Å². The van der Waals surface area contributed by atoms with Crippen molar-refractivity contribution < 1.29 is 19.4 Å². The number of esters is 1. The van der Waals surface area contributed by atoms with Crippen molar-refractivity contribution in [2.45, 2.75) is 113 Å². The Hall–Kier alpha value is -1.84. The summed E-state index contributed by atoms with van der Waals surface area (Å²) in [4.78, 5) is 24.4. The second-order valence-electron chi connectivity index (χ2n) is 14.3. The smallest absolute Gasteiger partial charge is 0.306 e. The number of aliphatic carboxylic acids is 1. The van der Waals surface area contributed by atoms with E-state index in [0.29, 0.717) is 18.3 Å². The molecule has 0 aromatic heterocycles. The van der Waals surface area contributed by atoms with E-state index in [-0.39, 0.29) is 45.6 Å². The molecule has 0 radical (unpaired) electrons. The molecule has 4 rings (SSSR count). The predicted molar refractivity (Wildman–Crippen MR) is 149 cm³/mol. The third-order valence-corrected chi connectivity index (χ3v) is 11.9. The molecule has 4 heteroatoms. The van der Waals surface area contributed by atoms with E-state index in [4.69, 9.17) is 4.74 Å². The molecular weight excluding hydrogens is 460 g/mol. The average Bonchev–Trinajstić information content (AvgIpc) is 3.07. The lowest BCUT2D eigenvalue weighted by atomic mass is 9.44. The molecule has 4 aliphatic carbocycles. The molecule has 206 valence electrons. The zero-order valence-electron chi connectivity index (χ0n) is 24.6. The standard InChI is InChI=1S/C33H50O4/c1-20(2)21(3)10-11-23(29(35)36)24-14-18-33(9)26-12-13-27-30(5,6)28(37-22(4)34)16-17-31(27,7)25(26)15-19-32(24,33)8/h12,15,20,23-24,27-28H,3,10-11,13-14,16-19H2,1-2,4-9H3,(H,35,36). The summed E-state index contributed by atoms with van der Waals surface area (Å²) in [5, 5.41) is 10.4. The third-order valence-electron chi connectivity index (χ3n) is 11.9. The van der Waals surface area contributed by atoms with E-state index >= 15 is 0 Å². The molecular formula is C33H50O4. The van der Waals surface area contributed by atoms with Crippen LogP contribution in [0, 0.1) is 45.3 Å². The fourth-order valence-corrected chi connectivity index (χ4v) is 9.20. The number of hydrogen-bond acceptors (Lipinski definition) is 3. The quantitative estimate of drug-likeness (QED) is 0.277. The van der Waals surface area contributed by atoms with Crippen molar-refractivity contribution in [1.29, 1.82) is 0 Å². The van der Waals surface area contributed by atoms with Crippen LogP contribution < -0.4 is 0 Å². The van der Waals surface area contributed by atoms with E-state index < -0.39 is 5.97 Å². The molecule has 0 heterocycles. The number of hydrogen-bond donors (Lipinski definition) is 1. The van der Waals surface area contributed by atoms with Gasteiger partial charge in [-0.2, -0.15) is 0 Å². The van der Waals surface area contributed by atoms with Gasteiger partial charge in [-0.05, 0) is 96.5 Å². The maximum absolute atomic E-state index is 12.6. The van der Waals surface area contributed by atoms with Crippen LogP contribution in [0.4, 0.5) is 0 Å². The number of carbonyl (C=O) groups is 2. The fourth-order valence-electron chi connectivity index (χ4n) is 9.20. The molecule has 37 heavy (non-hydrogen) atoms. The Balaban J connectivity index is 1.66. The molecule has 1 N–H and O–H groups in total. The zero-order chi connectivity index (χ0) is 27.6. The van der Waals surface area contributed by atoms with Crippen molar-refractivity contribution in [2.75, 3.05) is 0 Å². The van der Waals surface area contributed by atoms with Crippen molar-refractivity contribution in [2.24, 2.45) is 45.3 Å². The summed E-state index contributed by atoms with van der Waals surface area (Å²) in [6.45, 7) is 21.8. The van der Waals surface area contributed by atoms with Crippen molar-refractivity contribution in [3.8, 4) is 0 Å². The van der Waals surface area contributed by atoms with Gasteiger partial charge in [0.15, 0.2) is 0 Å². The molecule has 4 nitrogen and oxygen atoms in total. The number of carbonyl (C=O) groups excluding carboxylic acids is 1. The van der Waals surface area contributed by atoms with Gasteiger partial charge in [-0.1, -0.05) is 72.8 Å². The lowest BCUT2D eigenvalue weighted by Gasteiger charge is -2.61. The first-order valence-electron chi connectivity index (χ1n) is 14.6. The number of fused-ring (bicyclic) bond motifs is 5. The van der Waals surface area contributed by atoms with Crippen LogP contribution in [0.25, 0.3) is 0 Å². The molecule has 0 saturated heterocycles. The molecule has 2 saturated carbocycles. The first-order chi connectivity index (χ1) is 17.1. The highest BCUT2D eigenvalue weighted by Gasteiger charge is 2.64. The summed E-state index contributed by atoms with van der Waals surface area (Å²) in [6, 6.07) is 0. The first kappa shape index (κ1) is 28.2. The van der Waals surface area contributed by atoms with Gasteiger partial charge in [0.2, 0.25) is 0 Å². The molecule has 7 unspecified atom stereocenters. The highest BCUT2D eigenvalue weighted by Crippen LogP contribution is 2.72. The Kier molecular flexibility index (Phi) is 7.17. The first-order valence-corrected chi connectivity index (χ1v) is 14.6. The number of rotatable bonds is 7. The zero-order valence-corrected chi connectivity index (χ0v) is 24.6. The lowest BCUT2D eigenvalue weighted by Crippen LogP contribution is -2.55. The van der Waals surface area contributed by atoms with Gasteiger partial charge in [0, 0.05) is 12.3 Å². The molecule has 4 aliphatic rings. The molecule has 0 amide bonds. The number of carboxylic acid groups (broad SMARTS) is 1. The number of carboxylic acids is 1. The minimum atomic E-state index is -0.642. The van der Waals surface area contributed by atoms with Gasteiger partial charge in [-0.25, -0.2) is 0 Å². The Morgan fingerprint density at radius 3 is 2.35 bits per heavy atom. The maximum Gasteiger partial charge on any atom is 0.306 e. The molecule has 0 aromatic rings. The number of ether oxygens (including phenoxy) is 1. The average molecular weight is 511 g/mol. The van der Waals surface area contributed by atoms with Crippen LogP contribution in [-0.2, 0) is 14.3 Å². The Morgan fingerprint density at radius 2 is 1.76 bits per heavy atom. The van der Waals surface area contributed by atoms with E-state index in [9.17, 15) is 14.7 Å². The largest absolute Gasteiger partial charge is 0.481 e. The Morgan fingerprint density at radius 1 is 1.08 bits per heavy atom. The van der Waals surface area contributed by atoms with Gasteiger partial charge in [0.1, 0.15) is 6.10 Å². The summed E-state index contributed by atoms with van der Waals surface area (Å²) in [6.07, 6.45) is 12.3. The van der Waals surface area contributed by atoms with Gasteiger partial charge in [-0.15, -0.1) is 0 Å². The minimum Gasteiger partial charge on any atom is -0.481 e. The number of allylic oxidation sites excluding steroid dienone is 5. The summed E-state index contributed by atoms with van der Waals surface area (Å²) in [7, 11) is 0. The summed E-state index contributed by atoms with van der Waals surface area (Å²) in [5.41, 5.74) is 4.00. The predicted octanol–water partition coefficient (Wildman–Crippen LogP) is 8.14. The van der Waals surface area contributed by atoms with E-state index in [1.165, 1.54) is 18.1 Å². The van der Waals surface area contributed by atoms with Gasteiger partial charge in [-0.3, -0.25) is 9.59 Å². The second kappa shape index (κ2) is 9.42. The van der Waals surface area contributed by atoms with Gasteiger partial charge < -0.3 is 9.84 Å². The van der Waals surface area contributed by atoms with Gasteiger partial charge in [0.05, 0.1) is 5.92 Å². The Bertz CT molecular complexity index is 1030. The highest BCUT2D eigenvalue weighted by molar-refractivity contribution is 5.71. The van der Waals surface area contributed by atoms with Gasteiger partial charge >= 0.3 is 11.9 Å². The van der Waals surface area contributed by atoms with Crippen molar-refractivity contribution in [1.82, 2.24) is 0 Å². The van der Waals surface area contributed by atoms with Crippen molar-refractivity contribution >= 4 is 11.9 Å². The third kappa shape index (κ3) is 4.25. The second-order valence-corrected chi connectivity index (χ2v) is 14.3. The fraction of sp³-hybridized carbons (Fsp3) is 0.758. The highest BCUT2D eigenvalue weighted by atomic mass is 16.5. The maximum atomic E-state index is 12.6. The van der Waals surface area contributed by atoms with E-state index in [2.05, 4.69) is 67.2 Å². The van der Waals surface area contributed by atoms with Gasteiger partial charge in [0.25, 0.3) is 0 Å². The molecule has 7 atom stereocenters. The van der Waals surface area contributed by atoms with E-state index in [1.807, 2.05) is 0 Å². The summed E-state index contributed by atoms with van der Waals surface area (Å²) in [5.74, 6) is -0.196. The van der Waals surface area contributed by atoms with Crippen LogP contribution in [0.5, 0.6) is 0 Å². The van der Waals surface area contributed by atoms with Crippen LogP contribution in [0.3, 0.4) is 0 Å². The summed E-state index contributed by atoms with van der Waals surface area (Å²) >= 11 is 0. The van der Waals surface area contributed by atoms with Crippen LogP contribution >= 0.6 is 0 Å². The monoisotopic (exact) mass is 510 g/mol. The van der Waals surface area contributed by atoms with E-state index in [0.717, 1.165) is 50.5 Å². The van der Waals surface area contributed by atoms with Crippen LogP contribution in [0.15, 0.2) is 35.5 Å². The SMILES string of the molecule is C=C(CCC(C(=O)O)C1CCC2(C)C3=CCC4C(C)(CCC(OC(C)=O)C4(C)C)C3=CCC12C)C(C)C. The lowest BCUT2D eigenvalue weighted by molar-refractivity contribution is -0.165. The molecule has 0 bridgehead atoms. The van der Waals surface area contributed by atoms with Crippen LogP contribution in [-0.4, -0.2) is 23.1 Å². The molecule has 0 aliphatic heterocycles. The normalized spacial score (nSPS) is 39.0. The van der Waals surface area contributed by atoms with Crippen molar-refractivity contribution in [3.63, 3.8) is 0 Å². The minimum absolute atomic E-state index is 0.0185. The molecule has 0 spiro atoms. The summed E-state index contributed by atoms with van der Waals surface area (Å²) < 4.78 is 5.82. The molecule has 0 aromatic carbocycles.